The van der Waals surface area contributed by atoms with Crippen molar-refractivity contribution in [3.8, 4) is 11.5 Å². The number of nitrogens with one attached hydrogen (secondary N) is 1. The number of anilines is 1. The molecular weight excluding hydrogens is 232 g/mol. The van der Waals surface area contributed by atoms with Gasteiger partial charge in [-0.2, -0.15) is 0 Å². The van der Waals surface area contributed by atoms with Gasteiger partial charge in [-0.05, 0) is 18.6 Å². The molecule has 1 atom stereocenters. The number of carbonyl (C=O) groups is 1. The second kappa shape index (κ2) is 5.27. The predicted octanol–water partition coefficient (Wildman–Crippen LogP) is 1.30. The number of rotatable bonds is 3. The van der Waals surface area contributed by atoms with Crippen molar-refractivity contribution in [2.24, 2.45) is 11.7 Å². The van der Waals surface area contributed by atoms with E-state index in [0.29, 0.717) is 25.5 Å². The molecule has 1 heterocycles. The minimum absolute atomic E-state index is 0.0859. The average molecular weight is 250 g/mol. The van der Waals surface area contributed by atoms with Crippen molar-refractivity contribution in [2.45, 2.75) is 13.8 Å². The van der Waals surface area contributed by atoms with E-state index in [9.17, 15) is 4.79 Å². The fraction of sp³-hybridized carbons (Fsp3) is 0.462. The molecule has 5 nitrogen and oxygen atoms in total. The minimum Gasteiger partial charge on any atom is -0.486 e. The van der Waals surface area contributed by atoms with Crippen molar-refractivity contribution < 1.29 is 14.3 Å². The van der Waals surface area contributed by atoms with Gasteiger partial charge in [0.1, 0.15) is 13.2 Å². The SMILES string of the molecule is Cc1cc2c(cc1NC(=O)C(C)CN)OCCO2. The van der Waals surface area contributed by atoms with Crippen molar-refractivity contribution in [2.75, 3.05) is 25.1 Å². The van der Waals surface area contributed by atoms with Gasteiger partial charge >= 0.3 is 0 Å². The summed E-state index contributed by atoms with van der Waals surface area (Å²) in [5.74, 6) is 1.10. The Morgan fingerprint density at radius 2 is 2.00 bits per heavy atom. The Kier molecular flexibility index (Phi) is 3.72. The highest BCUT2D eigenvalue weighted by Crippen LogP contribution is 2.35. The number of nitrogens with two attached hydrogens (primary N) is 1. The Balaban J connectivity index is 2.20. The molecule has 1 unspecified atom stereocenters. The molecule has 18 heavy (non-hydrogen) atoms. The maximum Gasteiger partial charge on any atom is 0.228 e. The summed E-state index contributed by atoms with van der Waals surface area (Å²) in [5.41, 5.74) is 7.15. The molecule has 1 aromatic rings. The van der Waals surface area contributed by atoms with Crippen LogP contribution in [-0.4, -0.2) is 25.7 Å². The molecule has 1 aromatic carbocycles. The van der Waals surface area contributed by atoms with Crippen LogP contribution in [0, 0.1) is 12.8 Å². The molecule has 1 aliphatic rings. The van der Waals surface area contributed by atoms with Crippen molar-refractivity contribution in [1.82, 2.24) is 0 Å². The third-order valence-corrected chi connectivity index (χ3v) is 2.95. The van der Waals surface area contributed by atoms with Crippen molar-refractivity contribution in [3.05, 3.63) is 17.7 Å². The van der Waals surface area contributed by atoms with Gasteiger partial charge in [-0.15, -0.1) is 0 Å². The number of hydrogen-bond donors (Lipinski definition) is 2. The molecule has 0 bridgehead atoms. The summed E-state index contributed by atoms with van der Waals surface area (Å²) in [5, 5.41) is 2.86. The number of benzene rings is 1. The first-order chi connectivity index (χ1) is 8.61. The number of ether oxygens (including phenoxy) is 2. The number of carbonyl (C=O) groups excluding carboxylic acids is 1. The summed E-state index contributed by atoms with van der Waals surface area (Å²) in [6, 6.07) is 3.67. The van der Waals surface area contributed by atoms with Gasteiger partial charge in [-0.1, -0.05) is 6.92 Å². The normalized spacial score (nSPS) is 15.1. The van der Waals surface area contributed by atoms with E-state index in [0.717, 1.165) is 17.0 Å². The van der Waals surface area contributed by atoms with E-state index in [2.05, 4.69) is 5.32 Å². The van der Waals surface area contributed by atoms with Gasteiger partial charge in [-0.25, -0.2) is 0 Å². The fourth-order valence-corrected chi connectivity index (χ4v) is 1.69. The standard InChI is InChI=1S/C13H18N2O3/c1-8-5-11-12(18-4-3-17-11)6-10(8)15-13(16)9(2)7-14/h5-6,9H,3-4,7,14H2,1-2H3,(H,15,16). The van der Waals surface area contributed by atoms with Gasteiger partial charge in [0.2, 0.25) is 5.91 Å². The third kappa shape index (κ3) is 2.56. The molecule has 1 amide bonds. The first kappa shape index (κ1) is 12.7. The van der Waals surface area contributed by atoms with Gasteiger partial charge in [0.25, 0.3) is 0 Å². The van der Waals surface area contributed by atoms with E-state index in [-0.39, 0.29) is 11.8 Å². The monoisotopic (exact) mass is 250 g/mol. The summed E-state index contributed by atoms with van der Waals surface area (Å²) in [7, 11) is 0. The third-order valence-electron chi connectivity index (χ3n) is 2.95. The maximum atomic E-state index is 11.8. The molecule has 0 saturated carbocycles. The van der Waals surface area contributed by atoms with Crippen LogP contribution >= 0.6 is 0 Å². The van der Waals surface area contributed by atoms with Crippen LogP contribution in [0.5, 0.6) is 11.5 Å². The van der Waals surface area contributed by atoms with E-state index >= 15 is 0 Å². The lowest BCUT2D eigenvalue weighted by Crippen LogP contribution is -2.27. The summed E-state index contributed by atoms with van der Waals surface area (Å²) >= 11 is 0. The van der Waals surface area contributed by atoms with Crippen LogP contribution in [0.25, 0.3) is 0 Å². The van der Waals surface area contributed by atoms with Gasteiger partial charge in [-0.3, -0.25) is 4.79 Å². The first-order valence-corrected chi connectivity index (χ1v) is 6.03. The van der Waals surface area contributed by atoms with Crippen molar-refractivity contribution in [3.63, 3.8) is 0 Å². The average Bonchev–Trinajstić information content (AvgIpc) is 2.38. The quantitative estimate of drug-likeness (QED) is 0.848. The van der Waals surface area contributed by atoms with Crippen LogP contribution in [0.15, 0.2) is 12.1 Å². The van der Waals surface area contributed by atoms with Crippen LogP contribution in [0.2, 0.25) is 0 Å². The fourth-order valence-electron chi connectivity index (χ4n) is 1.69. The summed E-state index contributed by atoms with van der Waals surface area (Å²) in [4.78, 5) is 11.8. The molecule has 0 spiro atoms. The molecule has 5 heteroatoms. The zero-order valence-corrected chi connectivity index (χ0v) is 10.7. The number of hydrogen-bond acceptors (Lipinski definition) is 4. The largest absolute Gasteiger partial charge is 0.486 e. The van der Waals surface area contributed by atoms with E-state index < -0.39 is 0 Å². The van der Waals surface area contributed by atoms with Crippen LogP contribution in [0.1, 0.15) is 12.5 Å². The topological polar surface area (TPSA) is 73.6 Å². The highest BCUT2D eigenvalue weighted by atomic mass is 16.6. The molecule has 98 valence electrons. The second-order valence-electron chi connectivity index (χ2n) is 4.44. The molecule has 2 rings (SSSR count). The van der Waals surface area contributed by atoms with Gasteiger partial charge < -0.3 is 20.5 Å². The summed E-state index contributed by atoms with van der Waals surface area (Å²) < 4.78 is 11.0. The first-order valence-electron chi connectivity index (χ1n) is 6.03. The number of fused-ring (bicyclic) bond motifs is 1. The van der Waals surface area contributed by atoms with E-state index in [1.165, 1.54) is 0 Å². The lowest BCUT2D eigenvalue weighted by atomic mass is 10.1. The second-order valence-corrected chi connectivity index (χ2v) is 4.44. The Labute approximate surface area is 106 Å². The molecule has 1 aliphatic heterocycles. The zero-order valence-electron chi connectivity index (χ0n) is 10.7. The molecule has 0 radical (unpaired) electrons. The van der Waals surface area contributed by atoms with Crippen molar-refractivity contribution in [1.29, 1.82) is 0 Å². The highest BCUT2D eigenvalue weighted by Gasteiger charge is 2.17. The zero-order chi connectivity index (χ0) is 13.1. The lowest BCUT2D eigenvalue weighted by molar-refractivity contribution is -0.119. The molecule has 3 N–H and O–H groups in total. The predicted molar refractivity (Wildman–Crippen MR) is 69.0 cm³/mol. The van der Waals surface area contributed by atoms with Crippen molar-refractivity contribution >= 4 is 11.6 Å². The van der Waals surface area contributed by atoms with Crippen LogP contribution in [-0.2, 0) is 4.79 Å². The maximum absolute atomic E-state index is 11.8. The minimum atomic E-state index is -0.211. The summed E-state index contributed by atoms with van der Waals surface area (Å²) in [6.07, 6.45) is 0. The Hall–Kier alpha value is -1.75. The van der Waals surface area contributed by atoms with Gasteiger partial charge in [0.05, 0.1) is 0 Å². The smallest absolute Gasteiger partial charge is 0.228 e. The van der Waals surface area contributed by atoms with Crippen LogP contribution in [0.4, 0.5) is 5.69 Å². The Bertz CT molecular complexity index is 460. The molecule has 0 fully saturated rings. The summed E-state index contributed by atoms with van der Waals surface area (Å²) in [6.45, 7) is 5.13. The number of amides is 1. The van der Waals surface area contributed by atoms with Gasteiger partial charge in [0, 0.05) is 24.2 Å². The highest BCUT2D eigenvalue weighted by molar-refractivity contribution is 5.93. The Morgan fingerprint density at radius 3 is 2.61 bits per heavy atom. The molecule has 0 aliphatic carbocycles. The van der Waals surface area contributed by atoms with Crippen LogP contribution in [0.3, 0.4) is 0 Å². The lowest BCUT2D eigenvalue weighted by Gasteiger charge is -2.21. The number of aryl methyl sites for hydroxylation is 1. The Morgan fingerprint density at radius 1 is 1.39 bits per heavy atom. The molecule has 0 saturated heterocycles. The van der Waals surface area contributed by atoms with E-state index in [1.807, 2.05) is 13.0 Å². The van der Waals surface area contributed by atoms with Gasteiger partial charge in [0.15, 0.2) is 11.5 Å². The van der Waals surface area contributed by atoms with E-state index in [4.69, 9.17) is 15.2 Å². The van der Waals surface area contributed by atoms with Crippen LogP contribution < -0.4 is 20.5 Å². The molecule has 0 aromatic heterocycles. The van der Waals surface area contributed by atoms with E-state index in [1.54, 1.807) is 13.0 Å². The molecular formula is C13H18N2O3.